The van der Waals surface area contributed by atoms with Crippen LogP contribution in [0.5, 0.6) is 0 Å². The first-order valence-electron chi connectivity index (χ1n) is 6.61. The first-order valence-corrected chi connectivity index (χ1v) is 6.61. The van der Waals surface area contributed by atoms with E-state index in [2.05, 4.69) is 5.32 Å². The molecule has 3 aromatic rings. The Balaban J connectivity index is 2.12. The molecule has 3 heteroatoms. The molecule has 0 saturated carbocycles. The molecule has 1 unspecified atom stereocenters. The zero-order chi connectivity index (χ0) is 14.1. The number of hydrogen-bond acceptors (Lipinski definition) is 2. The maximum Gasteiger partial charge on any atom is 0.137 e. The second kappa shape index (κ2) is 5.10. The summed E-state index contributed by atoms with van der Waals surface area (Å²) in [6.45, 7) is 2.01. The van der Waals surface area contributed by atoms with E-state index in [1.54, 1.807) is 19.2 Å². The van der Waals surface area contributed by atoms with Crippen molar-refractivity contribution >= 4 is 11.0 Å². The Bertz CT molecular complexity index is 748. The van der Waals surface area contributed by atoms with Crippen molar-refractivity contribution in [2.75, 3.05) is 7.05 Å². The molecule has 1 heterocycles. The van der Waals surface area contributed by atoms with Crippen molar-refractivity contribution in [3.63, 3.8) is 0 Å². The molecular formula is C17H16FNO. The van der Waals surface area contributed by atoms with Crippen LogP contribution in [-0.2, 0) is 0 Å². The Kier molecular flexibility index (Phi) is 3.28. The number of nitrogens with one attached hydrogen (secondary N) is 1. The third-order valence-corrected chi connectivity index (χ3v) is 3.55. The Morgan fingerprint density at radius 2 is 1.90 bits per heavy atom. The number of halogens is 1. The smallest absolute Gasteiger partial charge is 0.137 e. The molecule has 0 spiro atoms. The van der Waals surface area contributed by atoms with E-state index < -0.39 is 0 Å². The maximum absolute atomic E-state index is 14.0. The van der Waals surface area contributed by atoms with Crippen LogP contribution in [0.2, 0.25) is 0 Å². The van der Waals surface area contributed by atoms with Crippen LogP contribution < -0.4 is 5.32 Å². The summed E-state index contributed by atoms with van der Waals surface area (Å²) in [5.41, 5.74) is 2.53. The lowest BCUT2D eigenvalue weighted by Crippen LogP contribution is -2.18. The van der Waals surface area contributed by atoms with Gasteiger partial charge in [0, 0.05) is 10.9 Å². The number of benzene rings is 2. The highest BCUT2D eigenvalue weighted by molar-refractivity contribution is 5.81. The summed E-state index contributed by atoms with van der Waals surface area (Å²) in [7, 11) is 1.80. The molecule has 20 heavy (non-hydrogen) atoms. The zero-order valence-electron chi connectivity index (χ0n) is 11.5. The summed E-state index contributed by atoms with van der Waals surface area (Å²) in [6.07, 6.45) is 0. The van der Waals surface area contributed by atoms with E-state index in [4.69, 9.17) is 4.42 Å². The molecule has 2 aromatic carbocycles. The van der Waals surface area contributed by atoms with E-state index >= 15 is 0 Å². The van der Waals surface area contributed by atoms with Gasteiger partial charge in [-0.25, -0.2) is 4.39 Å². The maximum atomic E-state index is 14.0. The molecule has 0 fully saturated rings. The van der Waals surface area contributed by atoms with Gasteiger partial charge in [-0.3, -0.25) is 0 Å². The molecule has 3 rings (SSSR count). The molecule has 0 aliphatic heterocycles. The highest BCUT2D eigenvalue weighted by Gasteiger charge is 2.20. The quantitative estimate of drug-likeness (QED) is 0.771. The van der Waals surface area contributed by atoms with Crippen molar-refractivity contribution in [3.8, 4) is 0 Å². The summed E-state index contributed by atoms with van der Waals surface area (Å²) in [4.78, 5) is 0. The van der Waals surface area contributed by atoms with Gasteiger partial charge in [0.15, 0.2) is 0 Å². The third-order valence-electron chi connectivity index (χ3n) is 3.55. The Morgan fingerprint density at radius 1 is 1.10 bits per heavy atom. The van der Waals surface area contributed by atoms with E-state index in [1.807, 2.05) is 37.3 Å². The van der Waals surface area contributed by atoms with Crippen molar-refractivity contribution in [2.24, 2.45) is 0 Å². The molecule has 0 aliphatic rings. The average molecular weight is 269 g/mol. The molecular weight excluding hydrogens is 253 g/mol. The van der Waals surface area contributed by atoms with Crippen LogP contribution in [-0.4, -0.2) is 7.05 Å². The van der Waals surface area contributed by atoms with E-state index in [-0.39, 0.29) is 11.9 Å². The molecule has 2 nitrogen and oxygen atoms in total. The summed E-state index contributed by atoms with van der Waals surface area (Å²) in [6, 6.07) is 14.4. The lowest BCUT2D eigenvalue weighted by Gasteiger charge is -2.14. The summed E-state index contributed by atoms with van der Waals surface area (Å²) in [5, 5.41) is 4.16. The number of hydrogen-bond donors (Lipinski definition) is 1. The van der Waals surface area contributed by atoms with Crippen molar-refractivity contribution in [3.05, 3.63) is 71.2 Å². The van der Waals surface area contributed by atoms with Gasteiger partial charge in [-0.05, 0) is 31.7 Å². The standard InChI is InChI=1S/C17H16FNO/c1-11-6-5-7-12-10-15(20-17(11)12)16(19-2)13-8-3-4-9-14(13)18/h3-10,16,19H,1-2H3. The number of aryl methyl sites for hydroxylation is 1. The van der Waals surface area contributed by atoms with Gasteiger partial charge in [0.1, 0.15) is 17.2 Å². The molecule has 1 atom stereocenters. The van der Waals surface area contributed by atoms with E-state index in [0.29, 0.717) is 5.56 Å². The van der Waals surface area contributed by atoms with Gasteiger partial charge in [0.25, 0.3) is 0 Å². The molecule has 0 radical (unpaired) electrons. The fourth-order valence-corrected chi connectivity index (χ4v) is 2.53. The fourth-order valence-electron chi connectivity index (χ4n) is 2.53. The van der Waals surface area contributed by atoms with E-state index in [9.17, 15) is 4.39 Å². The Hall–Kier alpha value is -2.13. The second-order valence-electron chi connectivity index (χ2n) is 4.89. The molecule has 1 aromatic heterocycles. The topological polar surface area (TPSA) is 25.2 Å². The minimum absolute atomic E-state index is 0.232. The van der Waals surface area contributed by atoms with Crippen LogP contribution in [0.1, 0.15) is 22.9 Å². The van der Waals surface area contributed by atoms with Gasteiger partial charge in [-0.1, -0.05) is 36.4 Å². The van der Waals surface area contributed by atoms with Crippen molar-refractivity contribution in [2.45, 2.75) is 13.0 Å². The first kappa shape index (κ1) is 12.9. The predicted molar refractivity (Wildman–Crippen MR) is 78.3 cm³/mol. The number of para-hydroxylation sites is 1. The second-order valence-corrected chi connectivity index (χ2v) is 4.89. The van der Waals surface area contributed by atoms with Crippen molar-refractivity contribution < 1.29 is 8.81 Å². The lowest BCUT2D eigenvalue weighted by molar-refractivity contribution is 0.475. The first-order chi connectivity index (χ1) is 9.70. The van der Waals surface area contributed by atoms with Crippen LogP contribution in [0.3, 0.4) is 0 Å². The Labute approximate surface area is 117 Å². The normalized spacial score (nSPS) is 12.8. The summed E-state index contributed by atoms with van der Waals surface area (Å²) in [5.74, 6) is 0.492. The highest BCUT2D eigenvalue weighted by atomic mass is 19.1. The van der Waals surface area contributed by atoms with Crippen molar-refractivity contribution in [1.82, 2.24) is 5.32 Å². The monoisotopic (exact) mass is 269 g/mol. The lowest BCUT2D eigenvalue weighted by atomic mass is 10.0. The van der Waals surface area contributed by atoms with Crippen LogP contribution in [0.15, 0.2) is 52.9 Å². The van der Waals surface area contributed by atoms with Gasteiger partial charge in [0.2, 0.25) is 0 Å². The highest BCUT2D eigenvalue weighted by Crippen LogP contribution is 2.30. The van der Waals surface area contributed by atoms with Gasteiger partial charge in [-0.15, -0.1) is 0 Å². The minimum Gasteiger partial charge on any atom is -0.459 e. The fraction of sp³-hybridized carbons (Fsp3) is 0.176. The van der Waals surface area contributed by atoms with Crippen LogP contribution in [0, 0.1) is 12.7 Å². The number of furan rings is 1. The van der Waals surface area contributed by atoms with Crippen LogP contribution in [0.25, 0.3) is 11.0 Å². The van der Waals surface area contributed by atoms with Gasteiger partial charge in [0.05, 0.1) is 6.04 Å². The van der Waals surface area contributed by atoms with Gasteiger partial charge < -0.3 is 9.73 Å². The van der Waals surface area contributed by atoms with Crippen LogP contribution in [0.4, 0.5) is 4.39 Å². The molecule has 0 saturated heterocycles. The largest absolute Gasteiger partial charge is 0.459 e. The van der Waals surface area contributed by atoms with Crippen molar-refractivity contribution in [1.29, 1.82) is 0 Å². The SMILES string of the molecule is CNC(c1cc2cccc(C)c2o1)c1ccccc1F. The third kappa shape index (κ3) is 2.10. The molecule has 102 valence electrons. The zero-order valence-corrected chi connectivity index (χ0v) is 11.5. The average Bonchev–Trinajstić information content (AvgIpc) is 2.87. The van der Waals surface area contributed by atoms with E-state index in [0.717, 1.165) is 22.3 Å². The van der Waals surface area contributed by atoms with Gasteiger partial charge in [-0.2, -0.15) is 0 Å². The Morgan fingerprint density at radius 3 is 2.60 bits per heavy atom. The van der Waals surface area contributed by atoms with E-state index in [1.165, 1.54) is 6.07 Å². The summed E-state index contributed by atoms with van der Waals surface area (Å²) < 4.78 is 19.9. The molecule has 0 bridgehead atoms. The van der Waals surface area contributed by atoms with Crippen LogP contribution >= 0.6 is 0 Å². The molecule has 1 N–H and O–H groups in total. The van der Waals surface area contributed by atoms with Gasteiger partial charge >= 0.3 is 0 Å². The molecule has 0 aliphatic carbocycles. The number of fused-ring (bicyclic) bond motifs is 1. The predicted octanol–water partition coefficient (Wildman–Crippen LogP) is 4.19. The minimum atomic E-state index is -0.289. The number of rotatable bonds is 3. The molecule has 0 amide bonds. The summed E-state index contributed by atoms with van der Waals surface area (Å²) >= 11 is 0.